The molecule has 2 atom stereocenters. The van der Waals surface area contributed by atoms with Crippen molar-refractivity contribution >= 4 is 0 Å². The van der Waals surface area contributed by atoms with Crippen molar-refractivity contribution in [3.05, 3.63) is 0 Å². The maximum absolute atomic E-state index is 9.36. The molecule has 0 radical (unpaired) electrons. The molecular weight excluding hydrogens is 214 g/mol. The van der Waals surface area contributed by atoms with Gasteiger partial charge >= 0.3 is 0 Å². The number of nitrogens with zero attached hydrogens (tertiary/aromatic N) is 2. The SMILES string of the molecule is CCN(CC)CCNC1(C#N)CCOC(C)C1. The van der Waals surface area contributed by atoms with Crippen LogP contribution in [0.15, 0.2) is 0 Å². The summed E-state index contributed by atoms with van der Waals surface area (Å²) in [7, 11) is 0. The van der Waals surface area contributed by atoms with Crippen LogP contribution in [0, 0.1) is 11.3 Å². The molecule has 1 N–H and O–H groups in total. The summed E-state index contributed by atoms with van der Waals surface area (Å²) in [5.74, 6) is 0. The van der Waals surface area contributed by atoms with Gasteiger partial charge in [-0.15, -0.1) is 0 Å². The van der Waals surface area contributed by atoms with Crippen LogP contribution in [0.1, 0.15) is 33.6 Å². The van der Waals surface area contributed by atoms with Crippen molar-refractivity contribution in [1.29, 1.82) is 5.26 Å². The first kappa shape index (κ1) is 14.4. The predicted molar refractivity (Wildman–Crippen MR) is 68.8 cm³/mol. The Labute approximate surface area is 105 Å². The molecule has 0 aromatic rings. The highest BCUT2D eigenvalue weighted by Crippen LogP contribution is 2.23. The third-order valence-electron chi connectivity index (χ3n) is 3.57. The summed E-state index contributed by atoms with van der Waals surface area (Å²) >= 11 is 0. The van der Waals surface area contributed by atoms with Crippen LogP contribution in [0.25, 0.3) is 0 Å². The molecular formula is C13H25N3O. The summed E-state index contributed by atoms with van der Waals surface area (Å²) < 4.78 is 5.50. The van der Waals surface area contributed by atoms with Gasteiger partial charge in [0, 0.05) is 32.5 Å². The van der Waals surface area contributed by atoms with Crippen molar-refractivity contribution in [2.75, 3.05) is 32.8 Å². The Hall–Kier alpha value is -0.630. The van der Waals surface area contributed by atoms with Crippen molar-refractivity contribution in [3.63, 3.8) is 0 Å². The fraction of sp³-hybridized carbons (Fsp3) is 0.923. The molecule has 0 aromatic carbocycles. The molecule has 1 saturated heterocycles. The Bertz CT molecular complexity index is 260. The number of ether oxygens (including phenoxy) is 1. The Morgan fingerprint density at radius 1 is 1.47 bits per heavy atom. The molecule has 0 bridgehead atoms. The topological polar surface area (TPSA) is 48.3 Å². The standard InChI is InChI=1S/C13H25N3O/c1-4-16(5-2)8-7-15-13(11-14)6-9-17-12(3)10-13/h12,15H,4-10H2,1-3H3. The lowest BCUT2D eigenvalue weighted by Crippen LogP contribution is -2.52. The number of likely N-dealkylation sites (N-methyl/N-ethyl adjacent to an activating group) is 1. The van der Waals surface area contributed by atoms with Crippen molar-refractivity contribution < 1.29 is 4.74 Å². The van der Waals surface area contributed by atoms with Gasteiger partial charge in [-0.05, 0) is 20.0 Å². The van der Waals surface area contributed by atoms with Crippen LogP contribution in [0.5, 0.6) is 0 Å². The summed E-state index contributed by atoms with van der Waals surface area (Å²) in [6.45, 7) is 11.1. The summed E-state index contributed by atoms with van der Waals surface area (Å²) in [4.78, 5) is 2.36. The lowest BCUT2D eigenvalue weighted by Gasteiger charge is -2.35. The lowest BCUT2D eigenvalue weighted by atomic mass is 9.88. The monoisotopic (exact) mass is 239 g/mol. The molecule has 1 heterocycles. The maximum atomic E-state index is 9.36. The zero-order valence-electron chi connectivity index (χ0n) is 11.3. The lowest BCUT2D eigenvalue weighted by molar-refractivity contribution is -0.00354. The maximum Gasteiger partial charge on any atom is 0.111 e. The van der Waals surface area contributed by atoms with E-state index < -0.39 is 0 Å². The van der Waals surface area contributed by atoms with E-state index in [0.29, 0.717) is 6.61 Å². The fourth-order valence-corrected chi connectivity index (χ4v) is 2.38. The molecule has 1 fully saturated rings. The summed E-state index contributed by atoms with van der Waals surface area (Å²) in [5, 5.41) is 12.8. The number of nitriles is 1. The molecule has 0 aromatic heterocycles. The quantitative estimate of drug-likeness (QED) is 0.761. The van der Waals surface area contributed by atoms with Crippen molar-refractivity contribution in [2.24, 2.45) is 0 Å². The number of rotatable bonds is 6. The molecule has 17 heavy (non-hydrogen) atoms. The van der Waals surface area contributed by atoms with E-state index >= 15 is 0 Å². The first-order valence-electron chi connectivity index (χ1n) is 6.66. The van der Waals surface area contributed by atoms with Crippen molar-refractivity contribution in [3.8, 4) is 6.07 Å². The van der Waals surface area contributed by atoms with Crippen LogP contribution in [0.2, 0.25) is 0 Å². The summed E-state index contributed by atoms with van der Waals surface area (Å²) in [5.41, 5.74) is -0.370. The van der Waals surface area contributed by atoms with Gasteiger partial charge in [-0.3, -0.25) is 5.32 Å². The predicted octanol–water partition coefficient (Wildman–Crippen LogP) is 1.38. The highest BCUT2D eigenvalue weighted by atomic mass is 16.5. The molecule has 0 aliphatic carbocycles. The van der Waals surface area contributed by atoms with Gasteiger partial charge in [0.1, 0.15) is 5.54 Å². The molecule has 4 heteroatoms. The Balaban J connectivity index is 2.39. The van der Waals surface area contributed by atoms with E-state index in [1.54, 1.807) is 0 Å². The molecule has 0 spiro atoms. The van der Waals surface area contributed by atoms with Crippen LogP contribution >= 0.6 is 0 Å². The van der Waals surface area contributed by atoms with E-state index in [1.807, 2.05) is 6.92 Å². The normalized spacial score (nSPS) is 29.2. The average molecular weight is 239 g/mol. The van der Waals surface area contributed by atoms with Crippen LogP contribution in [0.4, 0.5) is 0 Å². The summed E-state index contributed by atoms with van der Waals surface area (Å²) in [6, 6.07) is 2.45. The van der Waals surface area contributed by atoms with Crippen LogP contribution in [-0.2, 0) is 4.74 Å². The zero-order valence-corrected chi connectivity index (χ0v) is 11.3. The highest BCUT2D eigenvalue weighted by Gasteiger charge is 2.35. The molecule has 2 unspecified atom stereocenters. The molecule has 1 rings (SSSR count). The Morgan fingerprint density at radius 3 is 2.71 bits per heavy atom. The van der Waals surface area contributed by atoms with Crippen LogP contribution < -0.4 is 5.32 Å². The van der Waals surface area contributed by atoms with Gasteiger partial charge in [0.2, 0.25) is 0 Å². The number of nitrogens with one attached hydrogen (secondary N) is 1. The highest BCUT2D eigenvalue weighted by molar-refractivity contribution is 5.09. The first-order chi connectivity index (χ1) is 8.15. The largest absolute Gasteiger partial charge is 0.378 e. The first-order valence-corrected chi connectivity index (χ1v) is 6.66. The average Bonchev–Trinajstić information content (AvgIpc) is 2.35. The second-order valence-corrected chi connectivity index (χ2v) is 4.78. The van der Waals surface area contributed by atoms with Gasteiger partial charge in [0.25, 0.3) is 0 Å². The second kappa shape index (κ2) is 6.95. The zero-order chi connectivity index (χ0) is 12.7. The third-order valence-corrected chi connectivity index (χ3v) is 3.57. The minimum absolute atomic E-state index is 0.185. The van der Waals surface area contributed by atoms with E-state index in [0.717, 1.165) is 39.0 Å². The number of hydrogen-bond acceptors (Lipinski definition) is 4. The third kappa shape index (κ3) is 4.27. The van der Waals surface area contributed by atoms with Crippen LogP contribution in [0.3, 0.4) is 0 Å². The van der Waals surface area contributed by atoms with E-state index in [9.17, 15) is 5.26 Å². The summed E-state index contributed by atoms with van der Waals surface area (Å²) in [6.07, 6.45) is 1.78. The molecule has 4 nitrogen and oxygen atoms in total. The van der Waals surface area contributed by atoms with Gasteiger partial charge < -0.3 is 9.64 Å². The van der Waals surface area contributed by atoms with E-state index in [4.69, 9.17) is 4.74 Å². The van der Waals surface area contributed by atoms with E-state index in [2.05, 4.69) is 30.1 Å². The minimum Gasteiger partial charge on any atom is -0.378 e. The molecule has 0 amide bonds. The van der Waals surface area contributed by atoms with E-state index in [1.165, 1.54) is 0 Å². The molecule has 98 valence electrons. The fourth-order valence-electron chi connectivity index (χ4n) is 2.38. The molecule has 1 aliphatic rings. The van der Waals surface area contributed by atoms with Gasteiger partial charge in [0.05, 0.1) is 12.2 Å². The van der Waals surface area contributed by atoms with E-state index in [-0.39, 0.29) is 11.6 Å². The molecule has 1 aliphatic heterocycles. The van der Waals surface area contributed by atoms with Gasteiger partial charge in [0.15, 0.2) is 0 Å². The van der Waals surface area contributed by atoms with Gasteiger partial charge in [-0.25, -0.2) is 0 Å². The number of hydrogen-bond donors (Lipinski definition) is 1. The van der Waals surface area contributed by atoms with Crippen molar-refractivity contribution in [1.82, 2.24) is 10.2 Å². The van der Waals surface area contributed by atoms with Crippen LogP contribution in [-0.4, -0.2) is 49.3 Å². The second-order valence-electron chi connectivity index (χ2n) is 4.78. The minimum atomic E-state index is -0.370. The smallest absolute Gasteiger partial charge is 0.111 e. The Morgan fingerprint density at radius 2 is 2.18 bits per heavy atom. The van der Waals surface area contributed by atoms with Crippen molar-refractivity contribution in [2.45, 2.75) is 45.3 Å². The van der Waals surface area contributed by atoms with Gasteiger partial charge in [-0.2, -0.15) is 5.26 Å². The van der Waals surface area contributed by atoms with Gasteiger partial charge in [-0.1, -0.05) is 13.8 Å². The Kier molecular flexibility index (Phi) is 5.90. The molecule has 0 saturated carbocycles.